The van der Waals surface area contributed by atoms with Gasteiger partial charge in [-0.2, -0.15) is 5.10 Å². The number of carbonyl (C=O) groups excluding carboxylic acids is 1. The summed E-state index contributed by atoms with van der Waals surface area (Å²) in [6.45, 7) is 2.69. The van der Waals surface area contributed by atoms with Gasteiger partial charge >= 0.3 is 0 Å². The minimum Gasteiger partial charge on any atom is -0.393 e. The second-order valence-electron chi connectivity index (χ2n) is 4.99. The second-order valence-corrected chi connectivity index (χ2v) is 4.99. The molecule has 1 amide bonds. The Morgan fingerprint density at radius 3 is 2.94 bits per heavy atom. The first kappa shape index (κ1) is 13.1. The van der Waals surface area contributed by atoms with Crippen LogP contribution in [-0.2, 0) is 11.3 Å². The van der Waals surface area contributed by atoms with Crippen molar-refractivity contribution in [3.63, 3.8) is 0 Å². The van der Waals surface area contributed by atoms with Gasteiger partial charge in [-0.1, -0.05) is 6.92 Å². The standard InChI is InChI=1S/C13H21N3O2/c1-2-12(10-8-11(17)9-10)15-13(18)4-7-16-6-3-5-14-16/h3,5-6,10-12,17H,2,4,7-9H2,1H3,(H,15,18). The molecule has 1 aromatic rings. The number of hydrogen-bond acceptors (Lipinski definition) is 3. The lowest BCUT2D eigenvalue weighted by molar-refractivity contribution is -0.123. The molecule has 2 N–H and O–H groups in total. The fourth-order valence-corrected chi connectivity index (χ4v) is 2.44. The van der Waals surface area contributed by atoms with Crippen molar-refractivity contribution in [3.05, 3.63) is 18.5 Å². The van der Waals surface area contributed by atoms with Crippen LogP contribution in [0, 0.1) is 5.92 Å². The molecule has 0 aliphatic heterocycles. The number of rotatable bonds is 6. The van der Waals surface area contributed by atoms with E-state index in [-0.39, 0.29) is 18.1 Å². The van der Waals surface area contributed by atoms with Crippen molar-refractivity contribution in [3.8, 4) is 0 Å². The molecule has 0 aromatic carbocycles. The van der Waals surface area contributed by atoms with Gasteiger partial charge in [-0.15, -0.1) is 0 Å². The van der Waals surface area contributed by atoms with Crippen molar-refractivity contribution in [1.29, 1.82) is 0 Å². The van der Waals surface area contributed by atoms with Crippen molar-refractivity contribution in [2.24, 2.45) is 5.92 Å². The van der Waals surface area contributed by atoms with Crippen LogP contribution in [0.4, 0.5) is 0 Å². The second kappa shape index (κ2) is 6.00. The zero-order valence-corrected chi connectivity index (χ0v) is 10.7. The van der Waals surface area contributed by atoms with E-state index in [0.717, 1.165) is 19.3 Å². The zero-order valence-electron chi connectivity index (χ0n) is 10.7. The van der Waals surface area contributed by atoms with E-state index in [0.29, 0.717) is 18.9 Å². The number of aliphatic hydroxyl groups excluding tert-OH is 1. The van der Waals surface area contributed by atoms with Crippen LogP contribution in [0.5, 0.6) is 0 Å². The zero-order chi connectivity index (χ0) is 13.0. The largest absolute Gasteiger partial charge is 0.393 e. The Labute approximate surface area is 107 Å². The highest BCUT2D eigenvalue weighted by Crippen LogP contribution is 2.31. The maximum atomic E-state index is 11.8. The van der Waals surface area contributed by atoms with Gasteiger partial charge in [0.2, 0.25) is 5.91 Å². The highest BCUT2D eigenvalue weighted by atomic mass is 16.3. The first-order valence-electron chi connectivity index (χ1n) is 6.64. The summed E-state index contributed by atoms with van der Waals surface area (Å²) in [7, 11) is 0. The summed E-state index contributed by atoms with van der Waals surface area (Å²) in [5.74, 6) is 0.511. The summed E-state index contributed by atoms with van der Waals surface area (Å²) in [5, 5.41) is 16.4. The van der Waals surface area contributed by atoms with Crippen LogP contribution < -0.4 is 5.32 Å². The van der Waals surface area contributed by atoms with Gasteiger partial charge in [-0.25, -0.2) is 0 Å². The van der Waals surface area contributed by atoms with E-state index >= 15 is 0 Å². The lowest BCUT2D eigenvalue weighted by Crippen LogP contribution is -2.46. The quantitative estimate of drug-likeness (QED) is 0.790. The average Bonchev–Trinajstić information content (AvgIpc) is 2.83. The summed E-state index contributed by atoms with van der Waals surface area (Å²) < 4.78 is 1.76. The van der Waals surface area contributed by atoms with Crippen LogP contribution in [0.15, 0.2) is 18.5 Å². The predicted molar refractivity (Wildman–Crippen MR) is 67.8 cm³/mol. The van der Waals surface area contributed by atoms with E-state index in [2.05, 4.69) is 17.3 Å². The SMILES string of the molecule is CCC(NC(=O)CCn1cccn1)C1CC(O)C1. The van der Waals surface area contributed by atoms with Crippen molar-refractivity contribution >= 4 is 5.91 Å². The number of amides is 1. The fourth-order valence-electron chi connectivity index (χ4n) is 2.44. The summed E-state index contributed by atoms with van der Waals surface area (Å²) in [5.41, 5.74) is 0. The topological polar surface area (TPSA) is 67.2 Å². The van der Waals surface area contributed by atoms with Crippen molar-refractivity contribution in [2.75, 3.05) is 0 Å². The maximum Gasteiger partial charge on any atom is 0.222 e. The Hall–Kier alpha value is -1.36. The molecule has 1 unspecified atom stereocenters. The molecule has 0 saturated heterocycles. The number of hydrogen-bond donors (Lipinski definition) is 2. The van der Waals surface area contributed by atoms with Gasteiger partial charge in [0.15, 0.2) is 0 Å². The molecular weight excluding hydrogens is 230 g/mol. The molecular formula is C13H21N3O2. The molecule has 18 heavy (non-hydrogen) atoms. The normalized spacial score (nSPS) is 24.3. The maximum absolute atomic E-state index is 11.8. The van der Waals surface area contributed by atoms with Crippen molar-refractivity contribution < 1.29 is 9.90 Å². The minimum absolute atomic E-state index is 0.0683. The molecule has 1 aromatic heterocycles. The molecule has 5 nitrogen and oxygen atoms in total. The first-order chi connectivity index (χ1) is 8.69. The summed E-state index contributed by atoms with van der Waals surface area (Å²) in [6.07, 6.45) is 6.41. The lowest BCUT2D eigenvalue weighted by Gasteiger charge is -2.37. The molecule has 1 atom stereocenters. The van der Waals surface area contributed by atoms with E-state index in [1.165, 1.54) is 0 Å². The van der Waals surface area contributed by atoms with Gasteiger partial charge < -0.3 is 10.4 Å². The Morgan fingerprint density at radius 2 is 2.39 bits per heavy atom. The molecule has 0 bridgehead atoms. The first-order valence-corrected chi connectivity index (χ1v) is 6.64. The molecule has 1 aliphatic carbocycles. The monoisotopic (exact) mass is 251 g/mol. The number of aryl methyl sites for hydroxylation is 1. The fraction of sp³-hybridized carbons (Fsp3) is 0.692. The van der Waals surface area contributed by atoms with E-state index in [1.807, 2.05) is 12.3 Å². The number of carbonyl (C=O) groups is 1. The van der Waals surface area contributed by atoms with Crippen LogP contribution >= 0.6 is 0 Å². The van der Waals surface area contributed by atoms with Gasteiger partial charge in [0.1, 0.15) is 0 Å². The van der Waals surface area contributed by atoms with Crippen molar-refractivity contribution in [1.82, 2.24) is 15.1 Å². The van der Waals surface area contributed by atoms with Crippen LogP contribution in [-0.4, -0.2) is 32.9 Å². The average molecular weight is 251 g/mol. The molecule has 5 heteroatoms. The third-order valence-electron chi connectivity index (χ3n) is 3.63. The molecule has 2 rings (SSSR count). The Balaban J connectivity index is 1.72. The van der Waals surface area contributed by atoms with E-state index in [1.54, 1.807) is 10.9 Å². The lowest BCUT2D eigenvalue weighted by atomic mass is 9.76. The Bertz CT molecular complexity index is 372. The smallest absolute Gasteiger partial charge is 0.222 e. The van der Waals surface area contributed by atoms with Gasteiger partial charge in [-0.05, 0) is 31.2 Å². The molecule has 0 spiro atoms. The van der Waals surface area contributed by atoms with Crippen LogP contribution in [0.3, 0.4) is 0 Å². The van der Waals surface area contributed by atoms with Gasteiger partial charge in [0, 0.05) is 31.4 Å². The minimum atomic E-state index is -0.162. The molecule has 0 radical (unpaired) electrons. The predicted octanol–water partition coefficient (Wildman–Crippen LogP) is 0.939. The summed E-state index contributed by atoms with van der Waals surface area (Å²) in [4.78, 5) is 11.8. The molecule has 1 saturated carbocycles. The number of aliphatic hydroxyl groups is 1. The summed E-state index contributed by atoms with van der Waals surface area (Å²) >= 11 is 0. The molecule has 1 aliphatic rings. The van der Waals surface area contributed by atoms with Gasteiger partial charge in [0.05, 0.1) is 6.10 Å². The Kier molecular flexibility index (Phi) is 4.36. The Morgan fingerprint density at radius 1 is 1.61 bits per heavy atom. The van der Waals surface area contributed by atoms with Crippen LogP contribution in [0.1, 0.15) is 32.6 Å². The van der Waals surface area contributed by atoms with Crippen LogP contribution in [0.2, 0.25) is 0 Å². The highest BCUT2D eigenvalue weighted by molar-refractivity contribution is 5.76. The third kappa shape index (κ3) is 3.32. The van der Waals surface area contributed by atoms with Gasteiger partial charge in [-0.3, -0.25) is 9.48 Å². The molecule has 1 fully saturated rings. The highest BCUT2D eigenvalue weighted by Gasteiger charge is 2.33. The van der Waals surface area contributed by atoms with Crippen LogP contribution in [0.25, 0.3) is 0 Å². The van der Waals surface area contributed by atoms with Gasteiger partial charge in [0.25, 0.3) is 0 Å². The van der Waals surface area contributed by atoms with E-state index in [4.69, 9.17) is 0 Å². The number of nitrogens with zero attached hydrogens (tertiary/aromatic N) is 2. The summed E-state index contributed by atoms with van der Waals surface area (Å²) in [6, 6.07) is 2.06. The number of nitrogens with one attached hydrogen (secondary N) is 1. The number of aromatic nitrogens is 2. The van der Waals surface area contributed by atoms with E-state index in [9.17, 15) is 9.90 Å². The molecule has 1 heterocycles. The van der Waals surface area contributed by atoms with E-state index < -0.39 is 0 Å². The van der Waals surface area contributed by atoms with Crippen molar-refractivity contribution in [2.45, 2.75) is 51.3 Å². The third-order valence-corrected chi connectivity index (χ3v) is 3.63. The molecule has 100 valence electrons.